The summed E-state index contributed by atoms with van der Waals surface area (Å²) in [4.78, 5) is 30.5. The SMILES string of the molecule is COCC(=O)N1CCN(C(=O)c2cc3ccsc3n2Cc2cccc(C)c2)C[C@H]1C. The van der Waals surface area contributed by atoms with Crippen LogP contribution < -0.4 is 0 Å². The first-order valence-corrected chi connectivity index (χ1v) is 11.1. The van der Waals surface area contributed by atoms with Crippen molar-refractivity contribution in [3.63, 3.8) is 0 Å². The molecule has 1 aliphatic heterocycles. The van der Waals surface area contributed by atoms with Crippen molar-refractivity contribution < 1.29 is 14.3 Å². The number of aromatic nitrogens is 1. The van der Waals surface area contributed by atoms with E-state index in [1.807, 2.05) is 17.9 Å². The Kier molecular flexibility index (Phi) is 5.92. The van der Waals surface area contributed by atoms with E-state index >= 15 is 0 Å². The number of nitrogens with zero attached hydrogens (tertiary/aromatic N) is 3. The molecule has 1 aromatic carbocycles. The van der Waals surface area contributed by atoms with Crippen molar-refractivity contribution >= 4 is 33.4 Å². The molecule has 4 rings (SSSR count). The molecule has 0 N–H and O–H groups in total. The quantitative estimate of drug-likeness (QED) is 0.630. The summed E-state index contributed by atoms with van der Waals surface area (Å²) in [5, 5.41) is 3.16. The van der Waals surface area contributed by atoms with E-state index in [1.54, 1.807) is 16.2 Å². The Balaban J connectivity index is 1.58. The first-order valence-electron chi connectivity index (χ1n) is 10.2. The molecule has 2 amide bonds. The van der Waals surface area contributed by atoms with E-state index in [0.29, 0.717) is 31.9 Å². The van der Waals surface area contributed by atoms with Gasteiger partial charge < -0.3 is 19.1 Å². The van der Waals surface area contributed by atoms with Crippen LogP contribution in [0.4, 0.5) is 0 Å². The molecule has 0 unspecified atom stereocenters. The minimum Gasteiger partial charge on any atom is -0.375 e. The topological polar surface area (TPSA) is 54.8 Å². The molecule has 158 valence electrons. The van der Waals surface area contributed by atoms with Crippen molar-refractivity contribution in [1.29, 1.82) is 0 Å². The summed E-state index contributed by atoms with van der Waals surface area (Å²) >= 11 is 1.66. The van der Waals surface area contributed by atoms with E-state index in [1.165, 1.54) is 18.2 Å². The number of hydrogen-bond acceptors (Lipinski definition) is 4. The second kappa shape index (κ2) is 8.62. The summed E-state index contributed by atoms with van der Waals surface area (Å²) in [7, 11) is 1.52. The van der Waals surface area contributed by atoms with E-state index < -0.39 is 0 Å². The average Bonchev–Trinajstić information content (AvgIpc) is 3.30. The van der Waals surface area contributed by atoms with Crippen molar-refractivity contribution in [2.75, 3.05) is 33.4 Å². The molecule has 1 atom stereocenters. The molecule has 0 spiro atoms. The fourth-order valence-electron chi connectivity index (χ4n) is 4.18. The van der Waals surface area contributed by atoms with Gasteiger partial charge in [0, 0.05) is 44.7 Å². The first kappa shape index (κ1) is 20.6. The molecular weight excluding hydrogens is 398 g/mol. The van der Waals surface area contributed by atoms with Crippen LogP contribution in [0.1, 0.15) is 28.5 Å². The second-order valence-corrected chi connectivity index (χ2v) is 8.80. The van der Waals surface area contributed by atoms with Gasteiger partial charge in [-0.2, -0.15) is 0 Å². The Morgan fingerprint density at radius 2 is 2.03 bits per heavy atom. The van der Waals surface area contributed by atoms with Gasteiger partial charge in [-0.05, 0) is 36.9 Å². The molecule has 2 aromatic heterocycles. The molecular formula is C23H27N3O3S. The van der Waals surface area contributed by atoms with Gasteiger partial charge in [0.15, 0.2) is 0 Å². The van der Waals surface area contributed by atoms with E-state index in [2.05, 4.69) is 47.2 Å². The zero-order valence-electron chi connectivity index (χ0n) is 17.6. The van der Waals surface area contributed by atoms with Gasteiger partial charge in [0.05, 0.1) is 0 Å². The molecule has 1 saturated heterocycles. The second-order valence-electron chi connectivity index (χ2n) is 7.91. The first-order chi connectivity index (χ1) is 14.5. The van der Waals surface area contributed by atoms with E-state index in [4.69, 9.17) is 4.74 Å². The number of carbonyl (C=O) groups is 2. The largest absolute Gasteiger partial charge is 0.375 e. The van der Waals surface area contributed by atoms with E-state index in [0.717, 1.165) is 10.2 Å². The van der Waals surface area contributed by atoms with Crippen molar-refractivity contribution in [1.82, 2.24) is 14.4 Å². The number of fused-ring (bicyclic) bond motifs is 1. The maximum Gasteiger partial charge on any atom is 0.270 e. The third-order valence-electron chi connectivity index (χ3n) is 5.65. The molecule has 6 nitrogen and oxygen atoms in total. The summed E-state index contributed by atoms with van der Waals surface area (Å²) in [6.07, 6.45) is 0. The normalized spacial score (nSPS) is 17.0. The highest BCUT2D eigenvalue weighted by Crippen LogP contribution is 2.28. The predicted octanol–water partition coefficient (Wildman–Crippen LogP) is 3.38. The van der Waals surface area contributed by atoms with Gasteiger partial charge in [-0.25, -0.2) is 0 Å². The average molecular weight is 426 g/mol. The number of benzene rings is 1. The van der Waals surface area contributed by atoms with Crippen molar-refractivity contribution in [2.45, 2.75) is 26.4 Å². The highest BCUT2D eigenvalue weighted by Gasteiger charge is 2.31. The van der Waals surface area contributed by atoms with Crippen LogP contribution in [0.25, 0.3) is 10.2 Å². The number of rotatable bonds is 5. The van der Waals surface area contributed by atoms with Gasteiger partial charge in [0.2, 0.25) is 5.91 Å². The van der Waals surface area contributed by atoms with E-state index in [-0.39, 0.29) is 24.5 Å². The Hall–Kier alpha value is -2.64. The van der Waals surface area contributed by atoms with Crippen LogP contribution in [0.15, 0.2) is 41.8 Å². The van der Waals surface area contributed by atoms with E-state index in [9.17, 15) is 9.59 Å². The van der Waals surface area contributed by atoms with Gasteiger partial charge in [-0.15, -0.1) is 11.3 Å². The van der Waals surface area contributed by atoms with Crippen LogP contribution in [0.2, 0.25) is 0 Å². The van der Waals surface area contributed by atoms with Crippen LogP contribution in [0.3, 0.4) is 0 Å². The van der Waals surface area contributed by atoms with Crippen molar-refractivity contribution in [2.24, 2.45) is 0 Å². The molecule has 0 saturated carbocycles. The molecule has 1 aliphatic rings. The molecule has 0 bridgehead atoms. The van der Waals surface area contributed by atoms with Crippen LogP contribution in [-0.4, -0.2) is 65.6 Å². The maximum atomic E-state index is 13.5. The zero-order valence-corrected chi connectivity index (χ0v) is 18.4. The van der Waals surface area contributed by atoms with Crippen LogP contribution in [-0.2, 0) is 16.1 Å². The van der Waals surface area contributed by atoms with Gasteiger partial charge in [-0.3, -0.25) is 9.59 Å². The molecule has 1 fully saturated rings. The van der Waals surface area contributed by atoms with Gasteiger partial charge >= 0.3 is 0 Å². The standard InChI is InChI=1S/C23H27N3O3S/c1-16-5-4-6-18(11-16)14-26-20(12-19-7-10-30-23(19)26)22(28)24-8-9-25(17(2)13-24)21(27)15-29-3/h4-7,10-12,17H,8-9,13-15H2,1-3H3/t17-/m1/s1. The summed E-state index contributed by atoms with van der Waals surface area (Å²) in [6.45, 7) is 6.39. The lowest BCUT2D eigenvalue weighted by Crippen LogP contribution is -2.56. The number of amides is 2. The summed E-state index contributed by atoms with van der Waals surface area (Å²) in [5.74, 6) is -0.00261. The summed E-state index contributed by atoms with van der Waals surface area (Å²) < 4.78 is 7.11. The molecule has 3 aromatic rings. The highest BCUT2D eigenvalue weighted by molar-refractivity contribution is 7.16. The number of aryl methyl sites for hydroxylation is 1. The number of hydrogen-bond donors (Lipinski definition) is 0. The summed E-state index contributed by atoms with van der Waals surface area (Å²) in [5.41, 5.74) is 3.10. The van der Waals surface area contributed by atoms with Crippen molar-refractivity contribution in [3.8, 4) is 0 Å². The number of thiophene rings is 1. The zero-order chi connectivity index (χ0) is 21.3. The number of carbonyl (C=O) groups excluding carboxylic acids is 2. The smallest absolute Gasteiger partial charge is 0.270 e. The van der Waals surface area contributed by atoms with Crippen LogP contribution in [0.5, 0.6) is 0 Å². The van der Waals surface area contributed by atoms with Crippen molar-refractivity contribution in [3.05, 3.63) is 58.6 Å². The van der Waals surface area contributed by atoms with Crippen LogP contribution in [0, 0.1) is 6.92 Å². The van der Waals surface area contributed by atoms with Gasteiger partial charge in [0.1, 0.15) is 17.1 Å². The maximum absolute atomic E-state index is 13.5. The fraction of sp³-hybridized carbons (Fsp3) is 0.391. The lowest BCUT2D eigenvalue weighted by molar-refractivity contribution is -0.139. The Bertz CT molecular complexity index is 1070. The predicted molar refractivity (Wildman–Crippen MR) is 119 cm³/mol. The Morgan fingerprint density at radius 1 is 1.20 bits per heavy atom. The Morgan fingerprint density at radius 3 is 2.77 bits per heavy atom. The third kappa shape index (κ3) is 4.00. The molecule has 7 heteroatoms. The monoisotopic (exact) mass is 425 g/mol. The molecule has 0 aliphatic carbocycles. The lowest BCUT2D eigenvalue weighted by Gasteiger charge is -2.39. The number of piperazine rings is 1. The third-order valence-corrected chi connectivity index (χ3v) is 6.60. The molecule has 0 radical (unpaired) electrons. The fourth-order valence-corrected chi connectivity index (χ4v) is 5.08. The van der Waals surface area contributed by atoms with Gasteiger partial charge in [-0.1, -0.05) is 29.8 Å². The minimum absolute atomic E-state index is 0.0248. The minimum atomic E-state index is -0.0355. The number of ether oxygens (including phenoxy) is 1. The van der Waals surface area contributed by atoms with Gasteiger partial charge in [0.25, 0.3) is 5.91 Å². The molecule has 3 heterocycles. The highest BCUT2D eigenvalue weighted by atomic mass is 32.1. The Labute approximate surface area is 180 Å². The van der Waals surface area contributed by atoms with Crippen LogP contribution >= 0.6 is 11.3 Å². The number of methoxy groups -OCH3 is 1. The lowest BCUT2D eigenvalue weighted by atomic mass is 10.1. The molecule has 30 heavy (non-hydrogen) atoms. The summed E-state index contributed by atoms with van der Waals surface area (Å²) in [6, 6.07) is 12.4.